The monoisotopic (exact) mass is 348 g/mol. The summed E-state index contributed by atoms with van der Waals surface area (Å²) in [5, 5.41) is 0.243. The largest absolute Gasteiger partial charge is 0.414 e. The highest BCUT2D eigenvalue weighted by atomic mass is 28.4. The molecular weight excluding hydrogens is 312 g/mol. The van der Waals surface area contributed by atoms with Gasteiger partial charge in [-0.3, -0.25) is 0 Å². The summed E-state index contributed by atoms with van der Waals surface area (Å²) in [5.74, 6) is 0. The maximum atomic E-state index is 6.03. The second kappa shape index (κ2) is 13.1. The molecule has 0 amide bonds. The van der Waals surface area contributed by atoms with Crippen molar-refractivity contribution < 1.29 is 23.4 Å². The van der Waals surface area contributed by atoms with Gasteiger partial charge < -0.3 is 23.4 Å². The van der Waals surface area contributed by atoms with E-state index < -0.39 is 8.32 Å². The van der Waals surface area contributed by atoms with Crippen LogP contribution in [0.5, 0.6) is 0 Å². The molecule has 23 heavy (non-hydrogen) atoms. The Labute approximate surface area is 143 Å². The van der Waals surface area contributed by atoms with Gasteiger partial charge in [0.1, 0.15) is 0 Å². The van der Waals surface area contributed by atoms with Crippen LogP contribution in [-0.2, 0) is 23.4 Å². The molecule has 0 rings (SSSR count). The van der Waals surface area contributed by atoms with E-state index in [0.29, 0.717) is 59.5 Å². The fourth-order valence-corrected chi connectivity index (χ4v) is 2.43. The van der Waals surface area contributed by atoms with E-state index in [4.69, 9.17) is 23.4 Å². The van der Waals surface area contributed by atoms with E-state index in [2.05, 4.69) is 40.4 Å². The molecule has 0 aromatic carbocycles. The maximum Gasteiger partial charge on any atom is 0.192 e. The summed E-state index contributed by atoms with van der Waals surface area (Å²) in [4.78, 5) is 0. The summed E-state index contributed by atoms with van der Waals surface area (Å²) in [7, 11) is -1.65. The van der Waals surface area contributed by atoms with Gasteiger partial charge in [0, 0.05) is 0 Å². The van der Waals surface area contributed by atoms with E-state index in [1.807, 2.05) is 0 Å². The number of ether oxygens (including phenoxy) is 4. The Kier molecular flexibility index (Phi) is 13.0. The minimum Gasteiger partial charge on any atom is -0.414 e. The molecule has 0 saturated heterocycles. The van der Waals surface area contributed by atoms with Gasteiger partial charge in [-0.2, -0.15) is 0 Å². The van der Waals surface area contributed by atoms with Gasteiger partial charge in [0.05, 0.1) is 59.5 Å². The standard InChI is InChI=1S/C17H36O5Si/c1-7-8-18-9-10-19-11-12-20-13-14-21-15-16-22-23(5,6)17(2,3)4/h7H,1,8-16H2,2-6H3. The molecular formula is C17H36O5Si. The first-order chi connectivity index (χ1) is 10.8. The fourth-order valence-electron chi connectivity index (χ4n) is 1.40. The smallest absolute Gasteiger partial charge is 0.192 e. The average Bonchev–Trinajstić information content (AvgIpc) is 2.46. The number of hydrogen-bond acceptors (Lipinski definition) is 5. The van der Waals surface area contributed by atoms with Gasteiger partial charge in [-0.1, -0.05) is 26.8 Å². The van der Waals surface area contributed by atoms with Crippen LogP contribution in [0, 0.1) is 0 Å². The van der Waals surface area contributed by atoms with Gasteiger partial charge in [0.25, 0.3) is 0 Å². The van der Waals surface area contributed by atoms with E-state index in [1.165, 1.54) is 0 Å². The highest BCUT2D eigenvalue weighted by molar-refractivity contribution is 6.74. The van der Waals surface area contributed by atoms with Crippen molar-refractivity contribution in [2.45, 2.75) is 38.9 Å². The highest BCUT2D eigenvalue weighted by Crippen LogP contribution is 2.36. The van der Waals surface area contributed by atoms with Crippen LogP contribution in [0.4, 0.5) is 0 Å². The van der Waals surface area contributed by atoms with Gasteiger partial charge >= 0.3 is 0 Å². The van der Waals surface area contributed by atoms with Gasteiger partial charge in [0.2, 0.25) is 0 Å². The summed E-state index contributed by atoms with van der Waals surface area (Å²) in [6.45, 7) is 20.1. The number of hydrogen-bond donors (Lipinski definition) is 0. The molecule has 0 saturated carbocycles. The lowest BCUT2D eigenvalue weighted by Gasteiger charge is -2.36. The van der Waals surface area contributed by atoms with Crippen molar-refractivity contribution in [1.29, 1.82) is 0 Å². The third-order valence-corrected chi connectivity index (χ3v) is 8.39. The molecule has 0 aliphatic carbocycles. The summed E-state index contributed by atoms with van der Waals surface area (Å²) in [6.07, 6.45) is 1.72. The molecule has 138 valence electrons. The minimum absolute atomic E-state index is 0.243. The molecule has 0 heterocycles. The third-order valence-electron chi connectivity index (χ3n) is 3.85. The Morgan fingerprint density at radius 1 is 0.739 bits per heavy atom. The first kappa shape index (κ1) is 22.8. The first-order valence-electron chi connectivity index (χ1n) is 8.37. The zero-order chi connectivity index (χ0) is 17.6. The predicted octanol–water partition coefficient (Wildman–Crippen LogP) is 3.26. The Morgan fingerprint density at radius 3 is 1.52 bits per heavy atom. The average molecular weight is 349 g/mol. The minimum atomic E-state index is -1.65. The molecule has 0 aliphatic heterocycles. The van der Waals surface area contributed by atoms with Gasteiger partial charge in [-0.05, 0) is 18.1 Å². The van der Waals surface area contributed by atoms with Crippen LogP contribution in [0.15, 0.2) is 12.7 Å². The molecule has 0 spiro atoms. The quantitative estimate of drug-likeness (QED) is 0.258. The zero-order valence-corrected chi connectivity index (χ0v) is 16.7. The lowest BCUT2D eigenvalue weighted by molar-refractivity contribution is -0.00270. The van der Waals surface area contributed by atoms with E-state index in [9.17, 15) is 0 Å². The van der Waals surface area contributed by atoms with E-state index in [1.54, 1.807) is 6.08 Å². The molecule has 0 N–H and O–H groups in total. The molecule has 0 aromatic heterocycles. The lowest BCUT2D eigenvalue weighted by atomic mass is 10.2. The van der Waals surface area contributed by atoms with E-state index >= 15 is 0 Å². The third kappa shape index (κ3) is 12.8. The Balaban J connectivity index is 3.27. The van der Waals surface area contributed by atoms with Crippen LogP contribution in [0.25, 0.3) is 0 Å². The SMILES string of the molecule is C=CCOCCOCCOCCOCCO[Si](C)(C)C(C)(C)C. The van der Waals surface area contributed by atoms with Crippen LogP contribution < -0.4 is 0 Å². The van der Waals surface area contributed by atoms with Crippen molar-refractivity contribution in [3.05, 3.63) is 12.7 Å². The Hall–Kier alpha value is -0.243. The highest BCUT2D eigenvalue weighted by Gasteiger charge is 2.36. The van der Waals surface area contributed by atoms with Crippen LogP contribution >= 0.6 is 0 Å². The first-order valence-corrected chi connectivity index (χ1v) is 11.3. The van der Waals surface area contributed by atoms with E-state index in [0.717, 1.165) is 0 Å². The normalized spacial score (nSPS) is 12.6. The Morgan fingerprint density at radius 2 is 1.13 bits per heavy atom. The molecule has 0 fully saturated rings. The van der Waals surface area contributed by atoms with E-state index in [-0.39, 0.29) is 5.04 Å². The van der Waals surface area contributed by atoms with Crippen molar-refractivity contribution in [2.75, 3.05) is 59.5 Å². The predicted molar refractivity (Wildman–Crippen MR) is 96.6 cm³/mol. The van der Waals surface area contributed by atoms with Crippen molar-refractivity contribution in [3.63, 3.8) is 0 Å². The molecule has 0 aromatic rings. The second-order valence-electron chi connectivity index (χ2n) is 6.81. The number of rotatable bonds is 15. The second-order valence-corrected chi connectivity index (χ2v) is 11.6. The fraction of sp³-hybridized carbons (Fsp3) is 0.882. The summed E-state index contributed by atoms with van der Waals surface area (Å²) in [6, 6.07) is 0. The van der Waals surface area contributed by atoms with Gasteiger partial charge in [-0.25, -0.2) is 0 Å². The summed E-state index contributed by atoms with van der Waals surface area (Å²) >= 11 is 0. The van der Waals surface area contributed by atoms with Crippen molar-refractivity contribution in [3.8, 4) is 0 Å². The topological polar surface area (TPSA) is 46.2 Å². The lowest BCUT2D eigenvalue weighted by Crippen LogP contribution is -2.41. The van der Waals surface area contributed by atoms with Crippen molar-refractivity contribution in [2.24, 2.45) is 0 Å². The van der Waals surface area contributed by atoms with Crippen molar-refractivity contribution in [1.82, 2.24) is 0 Å². The molecule has 5 nitrogen and oxygen atoms in total. The maximum absolute atomic E-state index is 6.03. The van der Waals surface area contributed by atoms with Crippen LogP contribution in [0.3, 0.4) is 0 Å². The van der Waals surface area contributed by atoms with Crippen LogP contribution in [-0.4, -0.2) is 67.8 Å². The molecule has 0 atom stereocenters. The molecule has 0 unspecified atom stereocenters. The van der Waals surface area contributed by atoms with Gasteiger partial charge in [-0.15, -0.1) is 6.58 Å². The van der Waals surface area contributed by atoms with Crippen molar-refractivity contribution >= 4 is 8.32 Å². The Bertz CT molecular complexity index is 289. The summed E-state index contributed by atoms with van der Waals surface area (Å²) in [5.41, 5.74) is 0. The molecule has 0 radical (unpaired) electrons. The molecule has 0 aliphatic rings. The zero-order valence-electron chi connectivity index (χ0n) is 15.7. The van der Waals surface area contributed by atoms with Crippen LogP contribution in [0.1, 0.15) is 20.8 Å². The molecule has 0 bridgehead atoms. The van der Waals surface area contributed by atoms with Crippen LogP contribution in [0.2, 0.25) is 18.1 Å². The molecule has 6 heteroatoms. The summed E-state index contributed by atoms with van der Waals surface area (Å²) < 4.78 is 27.5. The van der Waals surface area contributed by atoms with Gasteiger partial charge in [0.15, 0.2) is 8.32 Å².